The van der Waals surface area contributed by atoms with E-state index in [-0.39, 0.29) is 57.2 Å². The highest BCUT2D eigenvalue weighted by atomic mass is 32.2. The van der Waals surface area contributed by atoms with Gasteiger partial charge in [0.15, 0.2) is 11.5 Å². The Kier molecular flexibility index (Phi) is 23.1. The third-order valence-corrected chi connectivity index (χ3v) is 21.9. The number of phenolic OH excluding ortho intramolecular Hbond substituents is 3. The Morgan fingerprint density at radius 3 is 1.35 bits per heavy atom. The van der Waals surface area contributed by atoms with Crippen LogP contribution in [-0.2, 0) is 80.9 Å². The summed E-state index contributed by atoms with van der Waals surface area (Å²) in [6, 6.07) is 11.8. The number of carbonyl (C=O) groups is 1. The Morgan fingerprint density at radius 1 is 0.436 bits per heavy atom. The predicted molar refractivity (Wildman–Crippen MR) is 376 cm³/mol. The van der Waals surface area contributed by atoms with Crippen molar-refractivity contribution in [1.29, 1.82) is 0 Å². The highest BCUT2D eigenvalue weighted by molar-refractivity contribution is 7.87. The van der Waals surface area contributed by atoms with Gasteiger partial charge in [-0.25, -0.2) is 4.79 Å². The number of azo groups is 5. The van der Waals surface area contributed by atoms with Gasteiger partial charge in [0.05, 0.1) is 78.5 Å². The van der Waals surface area contributed by atoms with Crippen molar-refractivity contribution < 1.29 is 143 Å². The summed E-state index contributed by atoms with van der Waals surface area (Å²) in [5.74, 6) is -7.98. The molecule has 0 fully saturated rings. The molecule has 0 amide bonds. The number of fused-ring (bicyclic) bond motifs is 3. The fourth-order valence-electron chi connectivity index (χ4n) is 10.1. The minimum atomic E-state index is -5.82. The van der Waals surface area contributed by atoms with Crippen LogP contribution in [0.4, 0.5) is 68.2 Å². The Balaban J connectivity index is 1.14. The largest absolute Gasteiger partial charge is 0.507 e. The number of nitro benzene ring substituents is 1. The molecule has 14 N–H and O–H groups in total. The van der Waals surface area contributed by atoms with E-state index in [1.165, 1.54) is 19.9 Å². The number of nitrogens with zero attached hydrogens (tertiary/aromatic N) is 11. The van der Waals surface area contributed by atoms with E-state index >= 15 is 0 Å². The maximum Gasteiger partial charge on any atom is 0.338 e. The lowest BCUT2D eigenvalue weighted by Gasteiger charge is -2.15. The van der Waals surface area contributed by atoms with Crippen LogP contribution in [0.2, 0.25) is 0 Å². The van der Waals surface area contributed by atoms with Crippen LogP contribution in [0.1, 0.15) is 34.3 Å². The van der Waals surface area contributed by atoms with E-state index in [4.69, 9.17) is 15.2 Å². The van der Waals surface area contributed by atoms with E-state index in [0.717, 1.165) is 54.6 Å². The first kappa shape index (κ1) is 82.8. The third kappa shape index (κ3) is 19.0. The van der Waals surface area contributed by atoms with Crippen molar-refractivity contribution in [3.05, 3.63) is 124 Å². The fraction of sp³-hybridized carbons (Fsp3) is 0.140. The SMILES string of the molecule is Cc1cc(N=Nc2c(S(=O)(=O)O)cc3c(S(=O)(=O)O)c(N=Nc4cc(S(=O)(=O)O)c5cc(S(=O)(=O)O)c(N=Nc6ccc([N+](=O)[O-])cc6C(=O)O)c(O)c5c4N)ccc3c2O)c(OCCCS(=O)(=O)O)cc1N=Nc1cc(C)c(N=Nc2cc(S(=O)(=O)O)cc3cc(S(=O)(=O)O)cc(O)c23)cc1OCCCS(=O)(=O)O. The number of carboxylic acid groups (broad SMARTS) is 1. The number of hydrogen-bond acceptors (Lipinski definition) is 35. The van der Waals surface area contributed by atoms with Crippen LogP contribution < -0.4 is 15.2 Å². The minimum absolute atomic E-state index is 0.0581. The number of phenols is 3. The molecule has 0 aliphatic carbocycles. The van der Waals surface area contributed by atoms with Crippen molar-refractivity contribution >= 4 is 187 Å². The van der Waals surface area contributed by atoms with Crippen LogP contribution >= 0.6 is 0 Å². The Morgan fingerprint density at radius 2 is 0.873 bits per heavy atom. The summed E-state index contributed by atoms with van der Waals surface area (Å²) < 4.78 is 291. The summed E-state index contributed by atoms with van der Waals surface area (Å²) in [5.41, 5.74) is -2.95. The number of aromatic carboxylic acids is 1. The summed E-state index contributed by atoms with van der Waals surface area (Å²) in [6.07, 6.45) is -0.790. The van der Waals surface area contributed by atoms with Gasteiger partial charge in [-0.2, -0.15) is 77.6 Å². The molecule has 582 valence electrons. The zero-order valence-corrected chi connectivity index (χ0v) is 61.2. The van der Waals surface area contributed by atoms with Gasteiger partial charge < -0.3 is 35.6 Å². The van der Waals surface area contributed by atoms with E-state index in [9.17, 15) is 139 Å². The molecule has 0 spiro atoms. The third-order valence-electron chi connectivity index (χ3n) is 15.0. The van der Waals surface area contributed by atoms with Gasteiger partial charge in [-0.15, -0.1) is 40.9 Å². The van der Waals surface area contributed by atoms with Crippen molar-refractivity contribution in [2.45, 2.75) is 56.1 Å². The Hall–Kier alpha value is -11.3. The molecule has 9 aromatic carbocycles. The maximum atomic E-state index is 13.4. The molecule has 53 heteroatoms. The lowest BCUT2D eigenvalue weighted by atomic mass is 10.0. The molecule has 0 aromatic heterocycles. The lowest BCUT2D eigenvalue weighted by molar-refractivity contribution is -0.384. The van der Waals surface area contributed by atoms with Crippen molar-refractivity contribution in [2.24, 2.45) is 51.1 Å². The molecule has 0 radical (unpaired) electrons. The van der Waals surface area contributed by atoms with Crippen LogP contribution in [-0.4, -0.2) is 160 Å². The van der Waals surface area contributed by atoms with E-state index in [0.29, 0.717) is 30.3 Å². The van der Waals surface area contributed by atoms with Gasteiger partial charge in [0.1, 0.15) is 76.6 Å². The quantitative estimate of drug-likeness (QED) is 0.00541. The van der Waals surface area contributed by atoms with Gasteiger partial charge in [-0.05, 0) is 110 Å². The zero-order chi connectivity index (χ0) is 81.7. The van der Waals surface area contributed by atoms with Crippen molar-refractivity contribution in [2.75, 3.05) is 30.5 Å². The number of rotatable bonds is 28. The highest BCUT2D eigenvalue weighted by Crippen LogP contribution is 2.51. The second kappa shape index (κ2) is 30.6. The van der Waals surface area contributed by atoms with E-state index < -0.39 is 254 Å². The number of non-ortho nitro benzene ring substituents is 1. The molecule has 9 aromatic rings. The smallest absolute Gasteiger partial charge is 0.338 e. The normalized spacial score (nSPS) is 13.2. The number of aromatic hydroxyl groups is 3. The zero-order valence-electron chi connectivity index (χ0n) is 54.7. The van der Waals surface area contributed by atoms with Gasteiger partial charge in [-0.1, -0.05) is 0 Å². The molecule has 0 saturated heterocycles. The standard InChI is InChI=1S/C57H48N12O33S8/c1-25-13-39(44(101-9-3-11-103(77,78)79)23-38(25)62-65-41-18-29(105(83,84)85)15-27-16-30(106(86,87)88)19-43(70)49(27)41)63-61-37-22-45(102-10-4-12-104(80,81)82)40(14-26(37)2)64-67-52-47(108(92,93)94)20-32-31(54(52)71)6-8-36(56(32)110(98,99)100)60-66-42-24-46(107(89,90)91)34-21-48(109(95,96)97)53(55(72)50(34)51(42)58)68-59-35-7-5-28(69(75)76)17-33(35)57(73)74/h5-8,13-24,70-72H,3-4,9-12,58H2,1-2H3,(H,73,74)(H,77,78,79)(H,80,81,82)(H,83,84,85)(H,86,87,88)(H,89,90,91)(H,92,93,94)(H,95,96,97)(H,98,99,100). The van der Waals surface area contributed by atoms with Crippen molar-refractivity contribution in [3.8, 4) is 28.7 Å². The van der Waals surface area contributed by atoms with Gasteiger partial charge in [0.2, 0.25) is 0 Å². The maximum absolute atomic E-state index is 13.4. The summed E-state index contributed by atoms with van der Waals surface area (Å²) in [4.78, 5) is 14.8. The molecule has 45 nitrogen and oxygen atoms in total. The van der Waals surface area contributed by atoms with E-state index in [1.807, 2.05) is 0 Å². The van der Waals surface area contributed by atoms with Gasteiger partial charge in [0.25, 0.3) is 86.6 Å². The molecule has 0 bridgehead atoms. The van der Waals surface area contributed by atoms with Crippen LogP contribution in [0.25, 0.3) is 32.3 Å². The van der Waals surface area contributed by atoms with Crippen molar-refractivity contribution in [3.63, 3.8) is 0 Å². The van der Waals surface area contributed by atoms with Crippen LogP contribution in [0.3, 0.4) is 0 Å². The van der Waals surface area contributed by atoms with Crippen LogP contribution in [0.5, 0.6) is 28.7 Å². The molecular weight excluding hydrogens is 1640 g/mol. The molecular formula is C57H48N12O33S8. The van der Waals surface area contributed by atoms with Gasteiger partial charge >= 0.3 is 5.97 Å². The van der Waals surface area contributed by atoms with Gasteiger partial charge in [-0.3, -0.25) is 46.5 Å². The average Bonchev–Trinajstić information content (AvgIpc) is 0.726. The van der Waals surface area contributed by atoms with E-state index in [2.05, 4.69) is 51.1 Å². The topological polar surface area (TPSA) is 744 Å². The first-order valence-corrected chi connectivity index (χ1v) is 41.2. The Bertz CT molecular complexity index is 6620. The molecule has 0 saturated carbocycles. The van der Waals surface area contributed by atoms with E-state index in [1.54, 1.807) is 0 Å². The number of hydrogen-bond donors (Lipinski definition) is 13. The molecule has 9 rings (SSSR count). The number of nitrogen functional groups attached to an aromatic ring is 1. The highest BCUT2D eigenvalue weighted by Gasteiger charge is 2.32. The number of benzene rings is 9. The number of carboxylic acids is 1. The summed E-state index contributed by atoms with van der Waals surface area (Å²) in [6.45, 7) is 1.72. The Labute approximate surface area is 617 Å². The number of nitrogens with two attached hydrogens (primary N) is 1. The number of ether oxygens (including phenoxy) is 2. The first-order valence-electron chi connectivity index (χ1n) is 29.4. The lowest BCUT2D eigenvalue weighted by Crippen LogP contribution is -2.08. The molecule has 0 unspecified atom stereocenters. The predicted octanol–water partition coefficient (Wildman–Crippen LogP) is 10.9. The fourth-order valence-corrected chi connectivity index (χ4v) is 15.0. The summed E-state index contributed by atoms with van der Waals surface area (Å²) in [5, 5.41) is 89.5. The molecule has 0 heterocycles. The average molecular weight is 1690 g/mol. The summed E-state index contributed by atoms with van der Waals surface area (Å²) in [7, 11) is -42.2. The molecule has 0 atom stereocenters. The second-order valence-electron chi connectivity index (χ2n) is 22.7. The molecule has 110 heavy (non-hydrogen) atoms. The van der Waals surface area contributed by atoms with Crippen molar-refractivity contribution in [1.82, 2.24) is 0 Å². The minimum Gasteiger partial charge on any atom is -0.507 e. The second-order valence-corrected chi connectivity index (χ2v) is 34.2. The molecule has 0 aliphatic heterocycles. The first-order chi connectivity index (χ1) is 50.7. The molecule has 0 aliphatic rings. The number of nitro groups is 1. The van der Waals surface area contributed by atoms with Crippen LogP contribution in [0.15, 0.2) is 178 Å². The van der Waals surface area contributed by atoms with Gasteiger partial charge in [0, 0.05) is 46.5 Å². The number of aryl methyl sites for hydroxylation is 2. The number of anilines is 1. The summed E-state index contributed by atoms with van der Waals surface area (Å²) >= 11 is 0. The monoisotopic (exact) mass is 1680 g/mol. The van der Waals surface area contributed by atoms with Crippen LogP contribution in [0, 0.1) is 24.0 Å².